The van der Waals surface area contributed by atoms with E-state index in [1.165, 1.54) is 18.2 Å². The van der Waals surface area contributed by atoms with Gasteiger partial charge in [-0.25, -0.2) is 0 Å². The summed E-state index contributed by atoms with van der Waals surface area (Å²) in [7, 11) is 0. The van der Waals surface area contributed by atoms with E-state index in [4.69, 9.17) is 11.6 Å². The number of hydrogen-bond acceptors (Lipinski definition) is 6. The number of amides is 2. The summed E-state index contributed by atoms with van der Waals surface area (Å²) in [5.74, 6) is -0.825. The minimum atomic E-state index is -0.598. The first-order valence-corrected chi connectivity index (χ1v) is 8.74. The SMILES string of the molecule is O=C(Cn1cc([N+](=O)[O-])cn1)Nc1ccc(C(=O)NCc2ccccn2)c(Cl)c1. The Morgan fingerprint density at radius 2 is 2.07 bits per heavy atom. The number of nitrogens with zero attached hydrogens (tertiary/aromatic N) is 4. The average Bonchev–Trinajstić information content (AvgIpc) is 3.15. The lowest BCUT2D eigenvalue weighted by Crippen LogP contribution is -2.24. The number of carbonyl (C=O) groups is 2. The molecule has 3 aromatic rings. The lowest BCUT2D eigenvalue weighted by Gasteiger charge is -2.09. The molecule has 29 heavy (non-hydrogen) atoms. The van der Waals surface area contributed by atoms with Crippen molar-refractivity contribution < 1.29 is 14.5 Å². The van der Waals surface area contributed by atoms with E-state index < -0.39 is 10.8 Å². The third-order valence-corrected chi connectivity index (χ3v) is 4.10. The van der Waals surface area contributed by atoms with Gasteiger partial charge in [0.15, 0.2) is 0 Å². The van der Waals surface area contributed by atoms with Gasteiger partial charge in [-0.15, -0.1) is 0 Å². The number of rotatable bonds is 7. The Labute approximate surface area is 169 Å². The zero-order chi connectivity index (χ0) is 20.8. The Balaban J connectivity index is 1.58. The number of halogens is 1. The first-order valence-electron chi connectivity index (χ1n) is 8.37. The van der Waals surface area contributed by atoms with Gasteiger partial charge in [0.05, 0.1) is 27.7 Å². The predicted octanol–water partition coefficient (Wildman–Crippen LogP) is 2.41. The molecule has 0 fully saturated rings. The van der Waals surface area contributed by atoms with Gasteiger partial charge < -0.3 is 10.6 Å². The molecule has 0 aliphatic carbocycles. The Hall–Kier alpha value is -3.79. The van der Waals surface area contributed by atoms with Gasteiger partial charge >= 0.3 is 5.69 Å². The lowest BCUT2D eigenvalue weighted by atomic mass is 10.2. The number of hydrogen-bond donors (Lipinski definition) is 2. The summed E-state index contributed by atoms with van der Waals surface area (Å²) >= 11 is 6.17. The average molecular weight is 415 g/mol. The zero-order valence-electron chi connectivity index (χ0n) is 14.9. The highest BCUT2D eigenvalue weighted by Crippen LogP contribution is 2.21. The Morgan fingerprint density at radius 1 is 1.24 bits per heavy atom. The second-order valence-electron chi connectivity index (χ2n) is 5.90. The van der Waals surface area contributed by atoms with Crippen molar-refractivity contribution in [3.63, 3.8) is 0 Å². The van der Waals surface area contributed by atoms with Crippen LogP contribution in [0.2, 0.25) is 5.02 Å². The minimum Gasteiger partial charge on any atom is -0.346 e. The van der Waals surface area contributed by atoms with Gasteiger partial charge in [0.25, 0.3) is 5.91 Å². The number of aromatic nitrogens is 3. The highest BCUT2D eigenvalue weighted by molar-refractivity contribution is 6.34. The molecule has 10 nitrogen and oxygen atoms in total. The van der Waals surface area contributed by atoms with Crippen molar-refractivity contribution >= 4 is 34.8 Å². The third kappa shape index (κ3) is 5.36. The zero-order valence-corrected chi connectivity index (χ0v) is 15.7. The molecule has 0 spiro atoms. The maximum atomic E-state index is 12.3. The second-order valence-corrected chi connectivity index (χ2v) is 6.31. The van der Waals surface area contributed by atoms with E-state index in [0.717, 1.165) is 17.1 Å². The van der Waals surface area contributed by atoms with Gasteiger partial charge in [0.1, 0.15) is 18.9 Å². The quantitative estimate of drug-likeness (QED) is 0.450. The maximum absolute atomic E-state index is 12.3. The summed E-state index contributed by atoms with van der Waals surface area (Å²) in [6, 6.07) is 9.86. The van der Waals surface area contributed by atoms with Crippen LogP contribution in [0.4, 0.5) is 11.4 Å². The van der Waals surface area contributed by atoms with Crippen molar-refractivity contribution in [3.05, 3.63) is 81.4 Å². The van der Waals surface area contributed by atoms with Crippen molar-refractivity contribution in [1.29, 1.82) is 0 Å². The Morgan fingerprint density at radius 3 is 2.72 bits per heavy atom. The largest absolute Gasteiger partial charge is 0.346 e. The maximum Gasteiger partial charge on any atom is 0.307 e. The van der Waals surface area contributed by atoms with Crippen LogP contribution < -0.4 is 10.6 Å². The van der Waals surface area contributed by atoms with E-state index in [0.29, 0.717) is 11.4 Å². The van der Waals surface area contributed by atoms with Crippen LogP contribution in [0, 0.1) is 10.1 Å². The summed E-state index contributed by atoms with van der Waals surface area (Å²) in [6.45, 7) is 0.0439. The molecule has 0 saturated heterocycles. The van der Waals surface area contributed by atoms with E-state index in [9.17, 15) is 19.7 Å². The molecule has 2 heterocycles. The standard InChI is InChI=1S/C18H15ClN6O4/c19-16-7-12(23-17(26)11-24-10-14(9-22-24)25(28)29)4-5-15(16)18(27)21-8-13-3-1-2-6-20-13/h1-7,9-10H,8,11H2,(H,21,27)(H,23,26). The number of nitro groups is 1. The lowest BCUT2D eigenvalue weighted by molar-refractivity contribution is -0.385. The summed E-state index contributed by atoms with van der Waals surface area (Å²) in [5.41, 5.74) is 1.13. The molecule has 0 bridgehead atoms. The third-order valence-electron chi connectivity index (χ3n) is 3.79. The fraction of sp³-hybridized carbons (Fsp3) is 0.111. The second kappa shape index (κ2) is 8.93. The molecule has 2 amide bonds. The van der Waals surface area contributed by atoms with Crippen LogP contribution in [-0.2, 0) is 17.9 Å². The predicted molar refractivity (Wildman–Crippen MR) is 104 cm³/mol. The molecule has 0 aliphatic heterocycles. The Bertz CT molecular complexity index is 1050. The molecule has 1 aromatic carbocycles. The molecule has 2 aromatic heterocycles. The summed E-state index contributed by atoms with van der Waals surface area (Å²) in [5, 5.41) is 19.9. The molecule has 0 saturated carbocycles. The van der Waals surface area contributed by atoms with Gasteiger partial charge in [-0.1, -0.05) is 17.7 Å². The number of carbonyl (C=O) groups excluding carboxylic acids is 2. The molecule has 0 unspecified atom stereocenters. The van der Waals surface area contributed by atoms with Gasteiger partial charge in [-0.3, -0.25) is 29.4 Å². The fourth-order valence-electron chi connectivity index (χ4n) is 2.43. The smallest absolute Gasteiger partial charge is 0.307 e. The van der Waals surface area contributed by atoms with Gasteiger partial charge in [0.2, 0.25) is 5.91 Å². The van der Waals surface area contributed by atoms with E-state index in [1.807, 2.05) is 6.07 Å². The molecule has 0 aliphatic rings. The van der Waals surface area contributed by atoms with Crippen molar-refractivity contribution in [1.82, 2.24) is 20.1 Å². The van der Waals surface area contributed by atoms with Crippen LogP contribution in [0.15, 0.2) is 55.0 Å². The first-order chi connectivity index (χ1) is 13.9. The van der Waals surface area contributed by atoms with E-state index in [2.05, 4.69) is 20.7 Å². The molecular weight excluding hydrogens is 400 g/mol. The molecule has 11 heteroatoms. The first kappa shape index (κ1) is 20.0. The fourth-order valence-corrected chi connectivity index (χ4v) is 2.69. The van der Waals surface area contributed by atoms with E-state index >= 15 is 0 Å². The van der Waals surface area contributed by atoms with Crippen LogP contribution in [-0.4, -0.2) is 31.5 Å². The summed E-state index contributed by atoms with van der Waals surface area (Å²) in [4.78, 5) is 38.5. The number of pyridine rings is 1. The number of nitrogens with one attached hydrogen (secondary N) is 2. The van der Waals surface area contributed by atoms with Crippen LogP contribution in [0.1, 0.15) is 16.1 Å². The molecule has 148 valence electrons. The normalized spacial score (nSPS) is 10.4. The summed E-state index contributed by atoms with van der Waals surface area (Å²) in [6.07, 6.45) is 3.84. The van der Waals surface area contributed by atoms with Crippen molar-refractivity contribution in [2.75, 3.05) is 5.32 Å². The minimum absolute atomic E-state index is 0.163. The molecule has 3 rings (SSSR count). The number of benzene rings is 1. The van der Waals surface area contributed by atoms with Crippen LogP contribution >= 0.6 is 11.6 Å². The van der Waals surface area contributed by atoms with Crippen LogP contribution in [0.3, 0.4) is 0 Å². The molecular formula is C18H15ClN6O4. The molecule has 0 atom stereocenters. The van der Waals surface area contributed by atoms with Crippen molar-refractivity contribution in [2.45, 2.75) is 13.1 Å². The van der Waals surface area contributed by atoms with Crippen molar-refractivity contribution in [2.24, 2.45) is 0 Å². The monoisotopic (exact) mass is 414 g/mol. The summed E-state index contributed by atoms with van der Waals surface area (Å²) < 4.78 is 1.15. The van der Waals surface area contributed by atoms with Gasteiger partial charge in [0, 0.05) is 11.9 Å². The Kier molecular flexibility index (Phi) is 6.15. The van der Waals surface area contributed by atoms with Crippen molar-refractivity contribution in [3.8, 4) is 0 Å². The topological polar surface area (TPSA) is 132 Å². The molecule has 0 radical (unpaired) electrons. The molecule has 2 N–H and O–H groups in total. The highest BCUT2D eigenvalue weighted by Gasteiger charge is 2.14. The van der Waals surface area contributed by atoms with Crippen LogP contribution in [0.25, 0.3) is 0 Å². The van der Waals surface area contributed by atoms with Gasteiger partial charge in [-0.2, -0.15) is 5.10 Å². The van der Waals surface area contributed by atoms with Gasteiger partial charge in [-0.05, 0) is 30.3 Å². The van der Waals surface area contributed by atoms with E-state index in [-0.39, 0.29) is 35.3 Å². The van der Waals surface area contributed by atoms with E-state index in [1.54, 1.807) is 18.3 Å². The highest BCUT2D eigenvalue weighted by atomic mass is 35.5. The number of anilines is 1. The van der Waals surface area contributed by atoms with Crippen LogP contribution in [0.5, 0.6) is 0 Å².